The van der Waals surface area contributed by atoms with E-state index in [0.29, 0.717) is 34.9 Å². The predicted octanol–water partition coefficient (Wildman–Crippen LogP) is 3.37. The van der Waals surface area contributed by atoms with Crippen LogP contribution in [-0.4, -0.2) is 50.3 Å². The van der Waals surface area contributed by atoms with E-state index in [2.05, 4.69) is 15.2 Å². The molecule has 2 heterocycles. The van der Waals surface area contributed by atoms with Crippen LogP contribution in [-0.2, 0) is 13.2 Å². The van der Waals surface area contributed by atoms with Gasteiger partial charge in [-0.2, -0.15) is 4.98 Å². The van der Waals surface area contributed by atoms with Crippen LogP contribution in [0.5, 0.6) is 5.88 Å². The van der Waals surface area contributed by atoms with Crippen LogP contribution in [0.3, 0.4) is 0 Å². The van der Waals surface area contributed by atoms with Crippen molar-refractivity contribution in [2.75, 3.05) is 11.4 Å². The van der Waals surface area contributed by atoms with Crippen molar-refractivity contribution in [3.63, 3.8) is 0 Å². The normalized spacial score (nSPS) is 23.2. The SMILES string of the molecule is O=C(NC1CCC(O)CC1)c1cnc(N2CCCC23CC3)nc1OCc1ccc(CO)c(Cl)c1. The smallest absolute Gasteiger partial charge is 0.258 e. The number of carbonyl (C=O) groups excluding carboxylic acids is 1. The molecule has 1 aromatic carbocycles. The summed E-state index contributed by atoms with van der Waals surface area (Å²) in [6, 6.07) is 5.37. The van der Waals surface area contributed by atoms with Crippen LogP contribution in [0, 0.1) is 0 Å². The lowest BCUT2D eigenvalue weighted by molar-refractivity contribution is 0.0862. The van der Waals surface area contributed by atoms with Crippen molar-refractivity contribution < 1.29 is 19.7 Å². The van der Waals surface area contributed by atoms with Gasteiger partial charge in [0, 0.05) is 29.3 Å². The number of carbonyl (C=O) groups is 1. The Hall–Kier alpha value is -2.42. The van der Waals surface area contributed by atoms with Crippen LogP contribution in [0.2, 0.25) is 5.02 Å². The van der Waals surface area contributed by atoms with Crippen LogP contribution >= 0.6 is 11.6 Å². The standard InChI is InChI=1S/C25H31ClN4O4/c26-21-12-16(2-3-17(21)14-31)15-34-23-20(22(33)28-18-4-6-19(32)7-5-18)13-27-24(29-23)30-11-1-8-25(30)9-10-25/h2-3,12-13,18-19,31-32H,1,4-11,14-15H2,(H,28,33). The molecule has 1 amide bonds. The zero-order valence-corrected chi connectivity index (χ0v) is 19.9. The number of amides is 1. The van der Waals surface area contributed by atoms with Gasteiger partial charge in [0.05, 0.1) is 12.7 Å². The number of ether oxygens (including phenoxy) is 1. The molecule has 0 bridgehead atoms. The molecule has 8 nitrogen and oxygen atoms in total. The lowest BCUT2D eigenvalue weighted by Gasteiger charge is -2.27. The van der Waals surface area contributed by atoms with E-state index in [-0.39, 0.29) is 42.7 Å². The van der Waals surface area contributed by atoms with Crippen LogP contribution in [0.4, 0.5) is 5.95 Å². The molecule has 34 heavy (non-hydrogen) atoms. The van der Waals surface area contributed by atoms with Gasteiger partial charge in [-0.25, -0.2) is 4.98 Å². The molecule has 0 radical (unpaired) electrons. The molecule has 1 aliphatic heterocycles. The third-order valence-corrected chi connectivity index (χ3v) is 7.70. The van der Waals surface area contributed by atoms with Crippen LogP contribution < -0.4 is 15.0 Å². The number of aliphatic hydroxyl groups is 2. The fourth-order valence-corrected chi connectivity index (χ4v) is 5.37. The molecular formula is C25H31ClN4O4. The molecular weight excluding hydrogens is 456 g/mol. The molecule has 0 unspecified atom stereocenters. The Bertz CT molecular complexity index is 1050. The summed E-state index contributed by atoms with van der Waals surface area (Å²) in [7, 11) is 0. The molecule has 1 saturated heterocycles. The van der Waals surface area contributed by atoms with E-state index in [4.69, 9.17) is 21.3 Å². The Labute approximate surface area is 204 Å². The summed E-state index contributed by atoms with van der Waals surface area (Å²) >= 11 is 6.23. The van der Waals surface area contributed by atoms with Crippen molar-refractivity contribution in [2.45, 2.75) is 82.3 Å². The van der Waals surface area contributed by atoms with Gasteiger partial charge < -0.3 is 25.2 Å². The summed E-state index contributed by atoms with van der Waals surface area (Å²) < 4.78 is 6.07. The molecule has 3 fully saturated rings. The first-order valence-corrected chi connectivity index (χ1v) is 12.5. The predicted molar refractivity (Wildman–Crippen MR) is 128 cm³/mol. The number of aromatic nitrogens is 2. The highest BCUT2D eigenvalue weighted by Gasteiger charge is 2.51. The summed E-state index contributed by atoms with van der Waals surface area (Å²) in [5, 5.41) is 22.6. The fourth-order valence-electron chi connectivity index (χ4n) is 5.11. The summed E-state index contributed by atoms with van der Waals surface area (Å²) in [4.78, 5) is 24.7. The molecule has 3 aliphatic rings. The quantitative estimate of drug-likeness (QED) is 0.550. The maximum absolute atomic E-state index is 13.1. The number of anilines is 1. The summed E-state index contributed by atoms with van der Waals surface area (Å²) in [6.07, 6.45) is 8.72. The lowest BCUT2D eigenvalue weighted by Crippen LogP contribution is -2.39. The van der Waals surface area contributed by atoms with E-state index in [9.17, 15) is 15.0 Å². The first-order valence-electron chi connectivity index (χ1n) is 12.1. The van der Waals surface area contributed by atoms with Crippen molar-refractivity contribution >= 4 is 23.5 Å². The highest BCUT2D eigenvalue weighted by atomic mass is 35.5. The molecule has 2 aliphatic carbocycles. The van der Waals surface area contributed by atoms with E-state index in [1.807, 2.05) is 6.07 Å². The number of halogens is 1. The first kappa shape index (κ1) is 23.3. The molecule has 2 saturated carbocycles. The van der Waals surface area contributed by atoms with Gasteiger partial charge in [0.15, 0.2) is 0 Å². The molecule has 9 heteroatoms. The summed E-state index contributed by atoms with van der Waals surface area (Å²) in [5.74, 6) is 0.596. The molecule has 182 valence electrons. The number of rotatable bonds is 7. The van der Waals surface area contributed by atoms with Gasteiger partial charge in [-0.1, -0.05) is 23.7 Å². The molecule has 1 spiro atoms. The van der Waals surface area contributed by atoms with E-state index in [0.717, 1.165) is 50.6 Å². The number of nitrogens with one attached hydrogen (secondary N) is 1. The summed E-state index contributed by atoms with van der Waals surface area (Å²) in [5.41, 5.74) is 1.94. The summed E-state index contributed by atoms with van der Waals surface area (Å²) in [6.45, 7) is 0.964. The number of benzene rings is 1. The van der Waals surface area contributed by atoms with Gasteiger partial charge in [0.2, 0.25) is 11.8 Å². The van der Waals surface area contributed by atoms with Crippen molar-refractivity contribution in [3.05, 3.63) is 46.1 Å². The minimum absolute atomic E-state index is 0.0153. The maximum Gasteiger partial charge on any atom is 0.258 e. The molecule has 1 aromatic heterocycles. The third-order valence-electron chi connectivity index (χ3n) is 7.35. The lowest BCUT2D eigenvalue weighted by atomic mass is 9.93. The second-order valence-corrected chi connectivity index (χ2v) is 10.1. The monoisotopic (exact) mass is 486 g/mol. The Morgan fingerprint density at radius 3 is 2.74 bits per heavy atom. The Morgan fingerprint density at radius 1 is 1.24 bits per heavy atom. The number of aliphatic hydroxyl groups excluding tert-OH is 2. The number of hydrogen-bond donors (Lipinski definition) is 3. The van der Waals surface area contributed by atoms with Crippen LogP contribution in [0.15, 0.2) is 24.4 Å². The molecule has 2 aromatic rings. The average Bonchev–Trinajstić information content (AvgIpc) is 3.49. The Morgan fingerprint density at radius 2 is 2.03 bits per heavy atom. The number of hydrogen-bond acceptors (Lipinski definition) is 7. The zero-order chi connectivity index (χ0) is 23.7. The van der Waals surface area contributed by atoms with Crippen molar-refractivity contribution in [1.82, 2.24) is 15.3 Å². The van der Waals surface area contributed by atoms with Gasteiger partial charge in [-0.3, -0.25) is 4.79 Å². The number of nitrogens with zero attached hydrogens (tertiary/aromatic N) is 3. The maximum atomic E-state index is 13.1. The van der Waals surface area contributed by atoms with Crippen molar-refractivity contribution in [1.29, 1.82) is 0 Å². The van der Waals surface area contributed by atoms with Gasteiger partial charge in [-0.05, 0) is 68.6 Å². The Kier molecular flexibility index (Phi) is 6.64. The van der Waals surface area contributed by atoms with E-state index in [1.54, 1.807) is 18.3 Å². The van der Waals surface area contributed by atoms with Gasteiger partial charge in [0.25, 0.3) is 5.91 Å². The largest absolute Gasteiger partial charge is 0.472 e. The topological polar surface area (TPSA) is 108 Å². The zero-order valence-electron chi connectivity index (χ0n) is 19.2. The first-order chi connectivity index (χ1) is 16.5. The molecule has 3 N–H and O–H groups in total. The van der Waals surface area contributed by atoms with Crippen LogP contribution in [0.1, 0.15) is 72.9 Å². The average molecular weight is 487 g/mol. The van der Waals surface area contributed by atoms with E-state index < -0.39 is 0 Å². The van der Waals surface area contributed by atoms with Gasteiger partial charge >= 0.3 is 0 Å². The highest BCUT2D eigenvalue weighted by molar-refractivity contribution is 6.31. The third kappa shape index (κ3) is 4.85. The molecule has 0 atom stereocenters. The minimum atomic E-state index is -0.283. The minimum Gasteiger partial charge on any atom is -0.472 e. The highest BCUT2D eigenvalue weighted by Crippen LogP contribution is 2.50. The second kappa shape index (κ2) is 9.68. The van der Waals surface area contributed by atoms with Gasteiger partial charge in [0.1, 0.15) is 12.2 Å². The van der Waals surface area contributed by atoms with E-state index >= 15 is 0 Å². The van der Waals surface area contributed by atoms with E-state index in [1.165, 1.54) is 0 Å². The second-order valence-electron chi connectivity index (χ2n) is 9.72. The van der Waals surface area contributed by atoms with Gasteiger partial charge in [-0.15, -0.1) is 0 Å². The van der Waals surface area contributed by atoms with Crippen molar-refractivity contribution in [2.24, 2.45) is 0 Å². The van der Waals surface area contributed by atoms with Crippen molar-refractivity contribution in [3.8, 4) is 5.88 Å². The molecule has 5 rings (SSSR count). The van der Waals surface area contributed by atoms with Crippen LogP contribution in [0.25, 0.3) is 0 Å². The Balaban J connectivity index is 1.37. The fraction of sp³-hybridized carbons (Fsp3) is 0.560.